The quantitative estimate of drug-likeness (QED) is 0.306. The summed E-state index contributed by atoms with van der Waals surface area (Å²) < 4.78 is 29.5. The number of nitrogens with one attached hydrogen (secondary N) is 1. The standard InChI is InChI=1S/C29H35F2N/c1-20-7-11-24(12-8-20)6-5-19-32-27-17-15-26(16-18-27)23(4)29(31)28(30)22(3)25-13-9-21(2)10-14-25/h9-10,13-18,20,24,32H,3-8,11-12,19H2,1-2H3/b29-28-. The predicted molar refractivity (Wildman–Crippen MR) is 134 cm³/mol. The van der Waals surface area contributed by atoms with Crippen molar-refractivity contribution < 1.29 is 8.78 Å². The molecule has 2 aromatic rings. The molecule has 0 spiro atoms. The molecule has 0 amide bonds. The molecule has 0 bridgehead atoms. The second-order valence-corrected chi connectivity index (χ2v) is 9.22. The van der Waals surface area contributed by atoms with Crippen LogP contribution in [0.5, 0.6) is 0 Å². The van der Waals surface area contributed by atoms with Crippen molar-refractivity contribution in [3.05, 3.63) is 90.0 Å². The fourth-order valence-electron chi connectivity index (χ4n) is 4.30. The third-order valence-electron chi connectivity index (χ3n) is 6.61. The van der Waals surface area contributed by atoms with Crippen molar-refractivity contribution in [1.82, 2.24) is 0 Å². The van der Waals surface area contributed by atoms with E-state index in [4.69, 9.17) is 0 Å². The first-order valence-electron chi connectivity index (χ1n) is 11.7. The maximum absolute atomic E-state index is 14.8. The number of hydrogen-bond donors (Lipinski definition) is 1. The van der Waals surface area contributed by atoms with Crippen LogP contribution in [0.15, 0.2) is 73.3 Å². The first-order chi connectivity index (χ1) is 15.3. The summed E-state index contributed by atoms with van der Waals surface area (Å²) in [7, 11) is 0. The Kier molecular flexibility index (Phi) is 8.44. The van der Waals surface area contributed by atoms with E-state index in [1.807, 2.05) is 31.2 Å². The molecule has 1 saturated carbocycles. The summed E-state index contributed by atoms with van der Waals surface area (Å²) >= 11 is 0. The van der Waals surface area contributed by atoms with Gasteiger partial charge in [0.15, 0.2) is 11.7 Å². The first-order valence-corrected chi connectivity index (χ1v) is 11.7. The average molecular weight is 436 g/mol. The molecule has 1 fully saturated rings. The molecule has 3 rings (SSSR count). The van der Waals surface area contributed by atoms with Gasteiger partial charge in [0.2, 0.25) is 0 Å². The number of rotatable bonds is 9. The van der Waals surface area contributed by atoms with Crippen LogP contribution in [0.1, 0.15) is 62.1 Å². The van der Waals surface area contributed by atoms with Crippen LogP contribution in [0, 0.1) is 18.8 Å². The summed E-state index contributed by atoms with van der Waals surface area (Å²) in [5, 5.41) is 3.43. The number of benzene rings is 2. The Morgan fingerprint density at radius 1 is 0.844 bits per heavy atom. The monoisotopic (exact) mass is 435 g/mol. The summed E-state index contributed by atoms with van der Waals surface area (Å²) in [4.78, 5) is 0. The van der Waals surface area contributed by atoms with Crippen molar-refractivity contribution in [2.45, 2.75) is 52.4 Å². The summed E-state index contributed by atoms with van der Waals surface area (Å²) in [6.45, 7) is 12.7. The highest BCUT2D eigenvalue weighted by atomic mass is 19.2. The van der Waals surface area contributed by atoms with Crippen molar-refractivity contribution in [1.29, 1.82) is 0 Å². The normalized spacial score (nSPS) is 19.2. The van der Waals surface area contributed by atoms with Crippen LogP contribution >= 0.6 is 0 Å². The molecule has 0 radical (unpaired) electrons. The van der Waals surface area contributed by atoms with Gasteiger partial charge >= 0.3 is 0 Å². The van der Waals surface area contributed by atoms with Crippen molar-refractivity contribution in [2.24, 2.45) is 11.8 Å². The smallest absolute Gasteiger partial charge is 0.166 e. The van der Waals surface area contributed by atoms with Gasteiger partial charge in [-0.05, 0) is 54.9 Å². The summed E-state index contributed by atoms with van der Waals surface area (Å²) in [6.07, 6.45) is 7.89. The highest BCUT2D eigenvalue weighted by Gasteiger charge is 2.18. The van der Waals surface area contributed by atoms with Gasteiger partial charge in [-0.2, -0.15) is 0 Å². The fourth-order valence-corrected chi connectivity index (χ4v) is 4.30. The lowest BCUT2D eigenvalue weighted by Gasteiger charge is -2.26. The number of allylic oxidation sites excluding steroid dienone is 4. The number of halogens is 2. The molecule has 32 heavy (non-hydrogen) atoms. The topological polar surface area (TPSA) is 12.0 Å². The van der Waals surface area contributed by atoms with Crippen LogP contribution < -0.4 is 5.32 Å². The lowest BCUT2D eigenvalue weighted by Crippen LogP contribution is -2.13. The van der Waals surface area contributed by atoms with Crippen molar-refractivity contribution >= 4 is 16.8 Å². The summed E-state index contributed by atoms with van der Waals surface area (Å²) in [6, 6.07) is 14.5. The summed E-state index contributed by atoms with van der Waals surface area (Å²) in [5.74, 6) is -0.180. The molecule has 1 nitrogen and oxygen atoms in total. The van der Waals surface area contributed by atoms with Crippen LogP contribution in [0.25, 0.3) is 11.1 Å². The summed E-state index contributed by atoms with van der Waals surface area (Å²) in [5.41, 5.74) is 3.18. The van der Waals surface area contributed by atoms with E-state index in [0.29, 0.717) is 11.1 Å². The number of hydrogen-bond acceptors (Lipinski definition) is 1. The average Bonchev–Trinajstić information content (AvgIpc) is 2.82. The van der Waals surface area contributed by atoms with Gasteiger partial charge in [0, 0.05) is 23.4 Å². The Hall–Kier alpha value is -2.68. The maximum Gasteiger partial charge on any atom is 0.166 e. The molecule has 0 atom stereocenters. The Morgan fingerprint density at radius 3 is 1.88 bits per heavy atom. The van der Waals surface area contributed by atoms with E-state index in [1.54, 1.807) is 24.3 Å². The molecule has 0 aliphatic heterocycles. The SMILES string of the molecule is C=C(/C(F)=C(/F)C(=C)c1ccc(NCCCC2CCC(C)CC2)cc1)c1ccc(C)cc1. The van der Waals surface area contributed by atoms with Crippen LogP contribution in [0.2, 0.25) is 0 Å². The number of anilines is 1. The van der Waals surface area contributed by atoms with Gasteiger partial charge in [0.25, 0.3) is 0 Å². The second-order valence-electron chi connectivity index (χ2n) is 9.22. The van der Waals surface area contributed by atoms with E-state index in [2.05, 4.69) is 25.4 Å². The Bertz CT molecular complexity index is 946. The van der Waals surface area contributed by atoms with Crippen molar-refractivity contribution in [3.63, 3.8) is 0 Å². The molecular weight excluding hydrogens is 400 g/mol. The highest BCUT2D eigenvalue weighted by Crippen LogP contribution is 2.33. The fraction of sp³-hybridized carbons (Fsp3) is 0.379. The predicted octanol–water partition coefficient (Wildman–Crippen LogP) is 8.89. The van der Waals surface area contributed by atoms with E-state index in [-0.39, 0.29) is 11.1 Å². The van der Waals surface area contributed by atoms with Gasteiger partial charge in [-0.3, -0.25) is 0 Å². The lowest BCUT2D eigenvalue weighted by molar-refractivity contribution is 0.275. The molecule has 1 N–H and O–H groups in total. The Morgan fingerprint density at radius 2 is 1.34 bits per heavy atom. The minimum atomic E-state index is -0.974. The molecule has 1 aliphatic carbocycles. The van der Waals surface area contributed by atoms with Crippen molar-refractivity contribution in [2.75, 3.05) is 11.9 Å². The minimum Gasteiger partial charge on any atom is -0.385 e. The van der Waals surface area contributed by atoms with Gasteiger partial charge in [-0.25, -0.2) is 8.78 Å². The minimum absolute atomic E-state index is 0.0221. The maximum atomic E-state index is 14.8. The second kappa shape index (κ2) is 11.3. The zero-order valence-electron chi connectivity index (χ0n) is 19.4. The molecule has 0 heterocycles. The first kappa shape index (κ1) is 24.0. The van der Waals surface area contributed by atoms with E-state index in [1.165, 1.54) is 32.1 Å². The van der Waals surface area contributed by atoms with Gasteiger partial charge in [-0.1, -0.05) is 87.7 Å². The zero-order valence-corrected chi connectivity index (χ0v) is 19.4. The largest absolute Gasteiger partial charge is 0.385 e. The molecule has 0 aromatic heterocycles. The Balaban J connectivity index is 1.52. The van der Waals surface area contributed by atoms with Crippen molar-refractivity contribution in [3.8, 4) is 0 Å². The van der Waals surface area contributed by atoms with Crippen LogP contribution in [-0.2, 0) is 0 Å². The third-order valence-corrected chi connectivity index (χ3v) is 6.61. The van der Waals surface area contributed by atoms with E-state index in [0.717, 1.165) is 36.1 Å². The molecule has 3 heteroatoms. The molecule has 2 aromatic carbocycles. The van der Waals surface area contributed by atoms with Gasteiger partial charge in [0.05, 0.1) is 0 Å². The lowest BCUT2D eigenvalue weighted by atomic mass is 9.81. The Labute approximate surface area is 191 Å². The van der Waals surface area contributed by atoms with Gasteiger partial charge < -0.3 is 5.32 Å². The highest BCUT2D eigenvalue weighted by molar-refractivity contribution is 5.84. The van der Waals surface area contributed by atoms with Crippen LogP contribution in [0.3, 0.4) is 0 Å². The molecule has 0 saturated heterocycles. The van der Waals surface area contributed by atoms with Crippen LogP contribution in [-0.4, -0.2) is 6.54 Å². The van der Waals surface area contributed by atoms with Gasteiger partial charge in [-0.15, -0.1) is 0 Å². The molecule has 0 unspecified atom stereocenters. The van der Waals surface area contributed by atoms with Gasteiger partial charge in [0.1, 0.15) is 0 Å². The molecule has 170 valence electrons. The van der Waals surface area contributed by atoms with E-state index < -0.39 is 11.7 Å². The number of aryl methyl sites for hydroxylation is 1. The molecular formula is C29H35F2N. The van der Waals surface area contributed by atoms with E-state index in [9.17, 15) is 8.78 Å². The third kappa shape index (κ3) is 6.41. The molecule has 1 aliphatic rings. The van der Waals surface area contributed by atoms with Crippen LogP contribution in [0.4, 0.5) is 14.5 Å². The zero-order chi connectivity index (χ0) is 23.1. The van der Waals surface area contributed by atoms with E-state index >= 15 is 0 Å².